The Balaban J connectivity index is 2.87. The average Bonchev–Trinajstić information content (AvgIpc) is 3.35. The van der Waals surface area contributed by atoms with Gasteiger partial charge < -0.3 is 40.9 Å². The first-order chi connectivity index (χ1) is 20.5. The molecule has 1 aromatic rings. The quantitative estimate of drug-likeness (QED) is 0.140. The molecule has 1 rings (SSSR count). The number of carbonyl (C=O) groups excluding carboxylic acids is 5. The Hall–Kier alpha value is -3.68. The number of hydrogen-bond acceptors (Lipinski definition) is 10. The summed E-state index contributed by atoms with van der Waals surface area (Å²) in [6.07, 6.45) is 4.32. The van der Waals surface area contributed by atoms with Crippen LogP contribution in [0.2, 0.25) is 0 Å². The average molecular weight is 639 g/mol. The molecule has 0 radical (unpaired) electrons. The second-order valence-electron chi connectivity index (χ2n) is 14.1. The predicted molar refractivity (Wildman–Crippen MR) is 168 cm³/mol. The molecule has 256 valence electrons. The number of hydrogen-bond donors (Lipinski definition) is 5. The van der Waals surface area contributed by atoms with Gasteiger partial charge in [-0.05, 0) is 94.9 Å². The number of amides is 3. The maximum Gasteiger partial charge on any atom is 0.329 e. The third kappa shape index (κ3) is 18.0. The first-order valence-corrected chi connectivity index (χ1v) is 15.3. The van der Waals surface area contributed by atoms with Crippen molar-refractivity contribution in [1.82, 2.24) is 25.9 Å². The van der Waals surface area contributed by atoms with E-state index in [2.05, 4.69) is 25.9 Å². The zero-order valence-electron chi connectivity index (χ0n) is 28.5. The van der Waals surface area contributed by atoms with Gasteiger partial charge in [-0.2, -0.15) is 0 Å². The third-order valence-electron chi connectivity index (χ3n) is 5.90. The highest BCUT2D eigenvalue weighted by atomic mass is 16.6. The maximum absolute atomic E-state index is 13.1. The molecule has 0 saturated carbocycles. The van der Waals surface area contributed by atoms with Crippen LogP contribution < -0.4 is 21.7 Å². The first-order valence-electron chi connectivity index (χ1n) is 15.3. The zero-order chi connectivity index (χ0) is 34.6. The largest absolute Gasteiger partial charge is 0.460 e. The molecule has 3 amide bonds. The van der Waals surface area contributed by atoms with Crippen LogP contribution >= 0.6 is 0 Å². The number of H-pyrrole nitrogens is 1. The molecule has 0 saturated heterocycles. The number of esters is 3. The number of aromatic amines is 1. The highest BCUT2D eigenvalue weighted by molar-refractivity contribution is 5.87. The van der Waals surface area contributed by atoms with E-state index >= 15 is 0 Å². The number of imidazole rings is 1. The molecule has 0 bridgehead atoms. The fraction of sp³-hybridized carbons (Fsp3) is 0.742. The van der Waals surface area contributed by atoms with Gasteiger partial charge in [-0.1, -0.05) is 0 Å². The standard InChI is InChI=1S/C31H54N6O8/c1-19(35-25(39)21(32)16-20-17-33-18-34-20)12-11-13-22(26(40)44-30(5,6)7)36-28(42)37-23(27(41)45-31(8,9)10)14-15-24(38)43-29(2,3)4/h17-19,21-23H,11-16,32H2,1-10H3,(H,33,34)(H,35,39)(H2,36,37,42)/t19?,21-,22-,23-/m0/s1. The number of aromatic nitrogens is 2. The number of urea groups is 1. The lowest BCUT2D eigenvalue weighted by molar-refractivity contribution is -0.159. The van der Waals surface area contributed by atoms with Crippen molar-refractivity contribution in [1.29, 1.82) is 0 Å². The molecule has 0 aliphatic rings. The van der Waals surface area contributed by atoms with Crippen LogP contribution in [0.25, 0.3) is 0 Å². The number of nitrogens with one attached hydrogen (secondary N) is 4. The van der Waals surface area contributed by atoms with Crippen molar-refractivity contribution in [3.63, 3.8) is 0 Å². The molecule has 0 spiro atoms. The van der Waals surface area contributed by atoms with E-state index in [1.807, 2.05) is 6.92 Å². The van der Waals surface area contributed by atoms with Crippen LogP contribution in [0.5, 0.6) is 0 Å². The highest BCUT2D eigenvalue weighted by Gasteiger charge is 2.31. The molecule has 0 aromatic carbocycles. The van der Waals surface area contributed by atoms with Crippen molar-refractivity contribution < 1.29 is 38.2 Å². The maximum atomic E-state index is 13.1. The monoisotopic (exact) mass is 638 g/mol. The molecule has 4 atom stereocenters. The van der Waals surface area contributed by atoms with E-state index in [0.29, 0.717) is 19.3 Å². The van der Waals surface area contributed by atoms with Crippen molar-refractivity contribution in [3.05, 3.63) is 18.2 Å². The fourth-order valence-electron chi connectivity index (χ4n) is 4.03. The number of nitrogens with zero attached hydrogens (tertiary/aromatic N) is 1. The summed E-state index contributed by atoms with van der Waals surface area (Å²) < 4.78 is 16.3. The summed E-state index contributed by atoms with van der Waals surface area (Å²) in [4.78, 5) is 70.7. The second-order valence-corrected chi connectivity index (χ2v) is 14.1. The molecule has 45 heavy (non-hydrogen) atoms. The minimum absolute atomic E-state index is 0.0753. The number of rotatable bonds is 15. The lowest BCUT2D eigenvalue weighted by Crippen LogP contribution is -2.53. The Bertz CT molecular complexity index is 1120. The summed E-state index contributed by atoms with van der Waals surface area (Å²) in [5, 5.41) is 8.01. The highest BCUT2D eigenvalue weighted by Crippen LogP contribution is 2.15. The van der Waals surface area contributed by atoms with Crippen LogP contribution in [0.15, 0.2) is 12.5 Å². The van der Waals surface area contributed by atoms with E-state index in [9.17, 15) is 24.0 Å². The molecular weight excluding hydrogens is 584 g/mol. The van der Waals surface area contributed by atoms with Crippen LogP contribution in [0.3, 0.4) is 0 Å². The number of ether oxygens (including phenoxy) is 3. The molecule has 14 heteroatoms. The molecule has 0 fully saturated rings. The summed E-state index contributed by atoms with van der Waals surface area (Å²) in [6, 6.07) is -4.07. The Morgan fingerprint density at radius 3 is 1.78 bits per heavy atom. The topological polar surface area (TPSA) is 204 Å². The van der Waals surface area contributed by atoms with Crippen LogP contribution in [0.4, 0.5) is 4.79 Å². The van der Waals surface area contributed by atoms with Gasteiger partial charge in [-0.3, -0.25) is 9.59 Å². The van der Waals surface area contributed by atoms with Gasteiger partial charge in [0.2, 0.25) is 5.91 Å². The number of carbonyl (C=O) groups is 5. The van der Waals surface area contributed by atoms with Gasteiger partial charge in [-0.15, -0.1) is 0 Å². The molecule has 14 nitrogen and oxygen atoms in total. The predicted octanol–water partition coefficient (Wildman–Crippen LogP) is 2.80. The van der Waals surface area contributed by atoms with Crippen molar-refractivity contribution in [2.75, 3.05) is 0 Å². The van der Waals surface area contributed by atoms with E-state index < -0.39 is 58.9 Å². The van der Waals surface area contributed by atoms with Gasteiger partial charge in [0.05, 0.1) is 12.4 Å². The van der Waals surface area contributed by atoms with Crippen molar-refractivity contribution in [2.24, 2.45) is 5.73 Å². The Morgan fingerprint density at radius 1 is 0.800 bits per heavy atom. The minimum atomic E-state index is -1.18. The van der Waals surface area contributed by atoms with Crippen LogP contribution in [0.1, 0.15) is 107 Å². The smallest absolute Gasteiger partial charge is 0.329 e. The van der Waals surface area contributed by atoms with E-state index in [1.54, 1.807) is 68.5 Å². The zero-order valence-corrected chi connectivity index (χ0v) is 28.5. The number of nitrogens with two attached hydrogens (primary N) is 1. The van der Waals surface area contributed by atoms with Gasteiger partial charge in [0, 0.05) is 30.8 Å². The Labute approximate surface area is 266 Å². The van der Waals surface area contributed by atoms with E-state index in [1.165, 1.54) is 6.33 Å². The molecule has 0 aliphatic carbocycles. The van der Waals surface area contributed by atoms with E-state index in [0.717, 1.165) is 5.69 Å². The van der Waals surface area contributed by atoms with Gasteiger partial charge in [0.15, 0.2) is 0 Å². The van der Waals surface area contributed by atoms with E-state index in [4.69, 9.17) is 19.9 Å². The third-order valence-corrected chi connectivity index (χ3v) is 5.90. The van der Waals surface area contributed by atoms with Crippen molar-refractivity contribution >= 4 is 29.8 Å². The molecular formula is C31H54N6O8. The van der Waals surface area contributed by atoms with Crippen molar-refractivity contribution in [2.45, 2.75) is 149 Å². The van der Waals surface area contributed by atoms with Crippen molar-refractivity contribution in [3.8, 4) is 0 Å². The fourth-order valence-corrected chi connectivity index (χ4v) is 4.03. The summed E-state index contributed by atoms with van der Waals surface area (Å²) in [5.74, 6) is -2.24. The first kappa shape index (κ1) is 39.3. The summed E-state index contributed by atoms with van der Waals surface area (Å²) in [5.41, 5.74) is 4.39. The summed E-state index contributed by atoms with van der Waals surface area (Å²) in [6.45, 7) is 17.2. The lowest BCUT2D eigenvalue weighted by atomic mass is 10.0. The van der Waals surface area contributed by atoms with Crippen LogP contribution in [0, 0.1) is 0 Å². The summed E-state index contributed by atoms with van der Waals surface area (Å²) >= 11 is 0. The van der Waals surface area contributed by atoms with Crippen LogP contribution in [-0.2, 0) is 39.8 Å². The van der Waals surface area contributed by atoms with Gasteiger partial charge in [0.1, 0.15) is 28.9 Å². The van der Waals surface area contributed by atoms with Gasteiger partial charge >= 0.3 is 23.9 Å². The van der Waals surface area contributed by atoms with Crippen LogP contribution in [-0.4, -0.2) is 80.8 Å². The normalized spacial score (nSPS) is 14.7. The molecule has 0 aliphatic heterocycles. The van der Waals surface area contributed by atoms with Gasteiger partial charge in [0.25, 0.3) is 0 Å². The van der Waals surface area contributed by atoms with E-state index in [-0.39, 0.29) is 31.2 Å². The lowest BCUT2D eigenvalue weighted by Gasteiger charge is -2.27. The SMILES string of the molecule is CC(CCC[C@H](NC(=O)N[C@@H](CCC(=O)OC(C)(C)C)C(=O)OC(C)(C)C)C(=O)OC(C)(C)C)NC(=O)[C@@H](N)Cc1cnc[nH]1. The molecule has 1 aromatic heterocycles. The Kier molecular flexibility index (Phi) is 15.0. The Morgan fingerprint density at radius 2 is 1.31 bits per heavy atom. The molecule has 1 unspecified atom stereocenters. The second kappa shape index (κ2) is 17.1. The van der Waals surface area contributed by atoms with Gasteiger partial charge in [-0.25, -0.2) is 19.4 Å². The minimum Gasteiger partial charge on any atom is -0.460 e. The molecule has 6 N–H and O–H groups in total. The summed E-state index contributed by atoms with van der Waals surface area (Å²) in [7, 11) is 0. The molecule has 1 heterocycles.